The lowest BCUT2D eigenvalue weighted by Gasteiger charge is -2.37. The quantitative estimate of drug-likeness (QED) is 0.793. The van der Waals surface area contributed by atoms with E-state index < -0.39 is 10.0 Å². The molecule has 2 N–H and O–H groups in total. The summed E-state index contributed by atoms with van der Waals surface area (Å²) in [5, 5.41) is 5.23. The summed E-state index contributed by atoms with van der Waals surface area (Å²) in [6.45, 7) is 4.47. The van der Waals surface area contributed by atoms with Gasteiger partial charge in [0, 0.05) is 37.9 Å². The second-order valence-corrected chi connectivity index (χ2v) is 9.40. The van der Waals surface area contributed by atoms with Crippen molar-refractivity contribution in [1.82, 2.24) is 4.90 Å². The molecule has 30 heavy (non-hydrogen) atoms. The van der Waals surface area contributed by atoms with E-state index in [4.69, 9.17) is 5.14 Å². The van der Waals surface area contributed by atoms with Gasteiger partial charge in [-0.2, -0.15) is 0 Å². The lowest BCUT2D eigenvalue weighted by atomic mass is 10.1. The molecule has 9 heteroatoms. The first-order valence-electron chi connectivity index (χ1n) is 9.93. The van der Waals surface area contributed by atoms with Crippen molar-refractivity contribution in [3.05, 3.63) is 53.8 Å². The maximum Gasteiger partial charge on any atom is 0.242 e. The molecule has 0 bridgehead atoms. The molecule has 0 spiro atoms. The largest absolute Gasteiger partial charge is 0.366 e. The van der Waals surface area contributed by atoms with E-state index in [-0.39, 0.29) is 29.2 Å². The summed E-state index contributed by atoms with van der Waals surface area (Å²) in [6.07, 6.45) is 0.660. The van der Waals surface area contributed by atoms with Gasteiger partial charge in [-0.25, -0.2) is 17.9 Å². The number of anilines is 2. The number of hydrogen-bond donors (Lipinski definition) is 1. The summed E-state index contributed by atoms with van der Waals surface area (Å²) in [4.78, 5) is 18.8. The highest BCUT2D eigenvalue weighted by Gasteiger charge is 2.31. The zero-order valence-electron chi connectivity index (χ0n) is 16.8. The Labute approximate surface area is 175 Å². The fourth-order valence-electron chi connectivity index (χ4n) is 4.24. The molecule has 2 aromatic rings. The van der Waals surface area contributed by atoms with Crippen LogP contribution in [0.3, 0.4) is 0 Å². The third-order valence-electron chi connectivity index (χ3n) is 5.87. The smallest absolute Gasteiger partial charge is 0.242 e. The van der Waals surface area contributed by atoms with Crippen LogP contribution in [0.5, 0.6) is 0 Å². The Morgan fingerprint density at radius 3 is 2.47 bits per heavy atom. The van der Waals surface area contributed by atoms with Gasteiger partial charge >= 0.3 is 0 Å². The lowest BCUT2D eigenvalue weighted by molar-refractivity contribution is -0.130. The van der Waals surface area contributed by atoms with Gasteiger partial charge in [-0.3, -0.25) is 4.79 Å². The molecule has 2 aromatic carbocycles. The predicted octanol–water partition coefficient (Wildman–Crippen LogP) is 1.57. The van der Waals surface area contributed by atoms with Crippen molar-refractivity contribution < 1.29 is 17.6 Å². The Bertz CT molecular complexity index is 1070. The first-order valence-corrected chi connectivity index (χ1v) is 11.5. The zero-order chi connectivity index (χ0) is 21.5. The van der Waals surface area contributed by atoms with Crippen molar-refractivity contribution in [3.8, 4) is 0 Å². The summed E-state index contributed by atoms with van der Waals surface area (Å²) in [5.41, 5.74) is 2.32. The van der Waals surface area contributed by atoms with Gasteiger partial charge in [-0.05, 0) is 49.2 Å². The molecule has 0 radical (unpaired) electrons. The number of halogens is 1. The lowest BCUT2D eigenvalue weighted by Crippen LogP contribution is -2.52. The van der Waals surface area contributed by atoms with Gasteiger partial charge in [0.1, 0.15) is 5.82 Å². The van der Waals surface area contributed by atoms with Crippen LogP contribution in [-0.4, -0.2) is 58.0 Å². The van der Waals surface area contributed by atoms with E-state index in [1.165, 1.54) is 12.1 Å². The van der Waals surface area contributed by atoms with E-state index in [9.17, 15) is 17.6 Å². The number of hydrogen-bond acceptors (Lipinski definition) is 5. The number of benzene rings is 2. The first kappa shape index (κ1) is 20.6. The number of fused-ring (bicyclic) bond motifs is 1. The number of rotatable bonds is 4. The number of nitrogens with two attached hydrogens (primary N) is 1. The summed E-state index contributed by atoms with van der Waals surface area (Å²) in [5.74, 6) is -0.239. The minimum atomic E-state index is -3.76. The van der Waals surface area contributed by atoms with Gasteiger partial charge < -0.3 is 14.7 Å². The predicted molar refractivity (Wildman–Crippen MR) is 114 cm³/mol. The Kier molecular flexibility index (Phi) is 5.42. The molecule has 2 aliphatic heterocycles. The molecular formula is C21H25FN4O3S. The van der Waals surface area contributed by atoms with Crippen LogP contribution >= 0.6 is 0 Å². The number of para-hydroxylation sites is 1. The van der Waals surface area contributed by atoms with E-state index in [0.717, 1.165) is 11.3 Å². The number of carbonyl (C=O) groups is 1. The SMILES string of the molecule is C[C@@H]1Cc2cc(S(N)(=O)=O)ccc2N1CC(=O)N1CCN(c2ccccc2F)CC1. The molecule has 1 amide bonds. The van der Waals surface area contributed by atoms with Crippen molar-refractivity contribution in [2.24, 2.45) is 5.14 Å². The number of carbonyl (C=O) groups excluding carboxylic acids is 1. The molecule has 1 fully saturated rings. The van der Waals surface area contributed by atoms with Gasteiger partial charge in [0.2, 0.25) is 15.9 Å². The first-order chi connectivity index (χ1) is 14.2. The van der Waals surface area contributed by atoms with Gasteiger partial charge in [0.05, 0.1) is 17.1 Å². The van der Waals surface area contributed by atoms with Crippen LogP contribution in [0.1, 0.15) is 12.5 Å². The average Bonchev–Trinajstić information content (AvgIpc) is 3.02. The Balaban J connectivity index is 1.41. The van der Waals surface area contributed by atoms with E-state index in [2.05, 4.69) is 0 Å². The highest BCUT2D eigenvalue weighted by molar-refractivity contribution is 7.89. The maximum absolute atomic E-state index is 14.0. The van der Waals surface area contributed by atoms with E-state index in [0.29, 0.717) is 38.3 Å². The molecule has 0 unspecified atom stereocenters. The van der Waals surface area contributed by atoms with E-state index in [1.807, 2.05) is 22.8 Å². The van der Waals surface area contributed by atoms with Crippen molar-refractivity contribution >= 4 is 27.3 Å². The van der Waals surface area contributed by atoms with Crippen LogP contribution in [-0.2, 0) is 21.2 Å². The Morgan fingerprint density at radius 1 is 1.10 bits per heavy atom. The molecule has 7 nitrogen and oxygen atoms in total. The normalized spacial score (nSPS) is 19.2. The van der Waals surface area contributed by atoms with Crippen molar-refractivity contribution in [2.75, 3.05) is 42.5 Å². The molecule has 0 aromatic heterocycles. The molecule has 1 atom stereocenters. The van der Waals surface area contributed by atoms with Gasteiger partial charge in [-0.15, -0.1) is 0 Å². The summed E-state index contributed by atoms with van der Waals surface area (Å²) in [6, 6.07) is 11.6. The number of nitrogens with zero attached hydrogens (tertiary/aromatic N) is 3. The average molecular weight is 433 g/mol. The van der Waals surface area contributed by atoms with Crippen LogP contribution in [0, 0.1) is 5.82 Å². The Hall–Kier alpha value is -2.65. The fraction of sp³-hybridized carbons (Fsp3) is 0.381. The van der Waals surface area contributed by atoms with Gasteiger partial charge in [0.25, 0.3) is 0 Å². The van der Waals surface area contributed by atoms with Gasteiger partial charge in [-0.1, -0.05) is 12.1 Å². The minimum absolute atomic E-state index is 0.0124. The van der Waals surface area contributed by atoms with Crippen LogP contribution < -0.4 is 14.9 Å². The highest BCUT2D eigenvalue weighted by atomic mass is 32.2. The standard InChI is InChI=1S/C21H25FN4O3S/c1-15-12-16-13-17(30(23,28)29)6-7-19(16)26(15)14-21(27)25-10-8-24(9-11-25)20-5-3-2-4-18(20)22/h2-7,13,15H,8-12,14H2,1H3,(H2,23,28,29)/t15-/m1/s1. The monoisotopic (exact) mass is 432 g/mol. The fourth-order valence-corrected chi connectivity index (χ4v) is 4.80. The van der Waals surface area contributed by atoms with Crippen molar-refractivity contribution in [1.29, 1.82) is 0 Å². The molecule has 1 saturated heterocycles. The van der Waals surface area contributed by atoms with Crippen molar-refractivity contribution in [3.63, 3.8) is 0 Å². The molecular weight excluding hydrogens is 407 g/mol. The summed E-state index contributed by atoms with van der Waals surface area (Å²) in [7, 11) is -3.76. The van der Waals surface area contributed by atoms with E-state index >= 15 is 0 Å². The van der Waals surface area contributed by atoms with Crippen molar-refractivity contribution in [2.45, 2.75) is 24.3 Å². The zero-order valence-corrected chi connectivity index (χ0v) is 17.6. The number of amides is 1. The van der Waals surface area contributed by atoms with E-state index in [1.54, 1.807) is 29.2 Å². The highest BCUT2D eigenvalue weighted by Crippen LogP contribution is 2.33. The van der Waals surface area contributed by atoms with Crippen LogP contribution in [0.15, 0.2) is 47.4 Å². The summed E-state index contributed by atoms with van der Waals surface area (Å²) >= 11 is 0. The number of sulfonamides is 1. The second kappa shape index (κ2) is 7.88. The molecule has 0 saturated carbocycles. The molecule has 160 valence electrons. The molecule has 2 heterocycles. The second-order valence-electron chi connectivity index (χ2n) is 7.84. The summed E-state index contributed by atoms with van der Waals surface area (Å²) < 4.78 is 37.2. The molecule has 0 aliphatic carbocycles. The third-order valence-corrected chi connectivity index (χ3v) is 6.78. The number of primary sulfonamides is 1. The van der Waals surface area contributed by atoms with Gasteiger partial charge in [0.15, 0.2) is 0 Å². The molecule has 2 aliphatic rings. The van der Waals surface area contributed by atoms with Crippen LogP contribution in [0.2, 0.25) is 0 Å². The van der Waals surface area contributed by atoms with Crippen LogP contribution in [0.25, 0.3) is 0 Å². The third kappa shape index (κ3) is 3.99. The molecule has 4 rings (SSSR count). The van der Waals surface area contributed by atoms with Crippen LogP contribution in [0.4, 0.5) is 15.8 Å². The minimum Gasteiger partial charge on any atom is -0.366 e. The number of piperazine rings is 1. The topological polar surface area (TPSA) is 86.9 Å². The Morgan fingerprint density at radius 2 is 1.80 bits per heavy atom. The maximum atomic E-state index is 14.0.